The van der Waals surface area contributed by atoms with Crippen molar-refractivity contribution in [2.45, 2.75) is 58.2 Å². The topological polar surface area (TPSA) is 27.7 Å². The molecule has 1 aliphatic heterocycles. The zero-order valence-corrected chi connectivity index (χ0v) is 14.4. The van der Waals surface area contributed by atoms with Crippen molar-refractivity contribution in [3.05, 3.63) is 0 Å². The molecule has 0 bridgehead atoms. The third-order valence-corrected chi connectivity index (χ3v) is 8.17. The van der Waals surface area contributed by atoms with E-state index in [1.807, 2.05) is 0 Å². The molecule has 3 nitrogen and oxygen atoms in total. The number of alkyl halides is 1. The van der Waals surface area contributed by atoms with Crippen LogP contribution in [0.4, 0.5) is 0 Å². The van der Waals surface area contributed by atoms with Gasteiger partial charge in [-0.25, -0.2) is 0 Å². The Morgan fingerprint density at radius 1 is 1.11 bits per heavy atom. The standard InChI is InChI=1S/C14H29ClO3Si/c1-4-16-14-13(9-7-11-15)10-8-12-19(14,17-5-2)18-6-3/h13-14H,4-12H2,1-3H3. The van der Waals surface area contributed by atoms with Gasteiger partial charge in [-0.15, -0.1) is 11.6 Å². The minimum Gasteiger partial charge on any atom is -0.393 e. The van der Waals surface area contributed by atoms with Crippen LogP contribution in [0.25, 0.3) is 0 Å². The largest absolute Gasteiger partial charge is 0.393 e. The van der Waals surface area contributed by atoms with Crippen LogP contribution in [-0.4, -0.2) is 40.0 Å². The minimum atomic E-state index is -2.21. The van der Waals surface area contributed by atoms with E-state index in [2.05, 4.69) is 20.8 Å². The molecule has 0 spiro atoms. The van der Waals surface area contributed by atoms with Crippen molar-refractivity contribution in [3.8, 4) is 0 Å². The van der Waals surface area contributed by atoms with E-state index in [1.165, 1.54) is 12.8 Å². The van der Waals surface area contributed by atoms with E-state index >= 15 is 0 Å². The zero-order valence-electron chi connectivity index (χ0n) is 12.6. The van der Waals surface area contributed by atoms with Gasteiger partial charge in [-0.3, -0.25) is 0 Å². The van der Waals surface area contributed by atoms with Crippen molar-refractivity contribution in [1.82, 2.24) is 0 Å². The molecule has 1 rings (SSSR count). The summed E-state index contributed by atoms with van der Waals surface area (Å²) >= 11 is 5.85. The first-order valence-corrected chi connectivity index (χ1v) is 10.3. The van der Waals surface area contributed by atoms with Gasteiger partial charge in [0, 0.05) is 25.7 Å². The molecular formula is C14H29ClO3Si. The number of halogens is 1. The molecule has 2 atom stereocenters. The summed E-state index contributed by atoms with van der Waals surface area (Å²) in [6.45, 7) is 8.34. The number of ether oxygens (including phenoxy) is 1. The van der Waals surface area contributed by atoms with Crippen LogP contribution >= 0.6 is 11.6 Å². The summed E-state index contributed by atoms with van der Waals surface area (Å²) in [5.74, 6) is 1.28. The van der Waals surface area contributed by atoms with Crippen molar-refractivity contribution in [2.75, 3.05) is 25.7 Å². The Bertz CT molecular complexity index is 229. The van der Waals surface area contributed by atoms with Crippen LogP contribution in [0.1, 0.15) is 46.5 Å². The maximum Gasteiger partial charge on any atom is 0.368 e. The first kappa shape index (κ1) is 17.4. The highest BCUT2D eigenvalue weighted by Crippen LogP contribution is 2.38. The van der Waals surface area contributed by atoms with Gasteiger partial charge in [0.2, 0.25) is 0 Å². The van der Waals surface area contributed by atoms with E-state index < -0.39 is 8.56 Å². The number of hydrogen-bond acceptors (Lipinski definition) is 3. The van der Waals surface area contributed by atoms with Crippen molar-refractivity contribution in [1.29, 1.82) is 0 Å². The van der Waals surface area contributed by atoms with Crippen LogP contribution < -0.4 is 0 Å². The van der Waals surface area contributed by atoms with Crippen molar-refractivity contribution in [3.63, 3.8) is 0 Å². The van der Waals surface area contributed by atoms with Crippen molar-refractivity contribution >= 4 is 20.2 Å². The van der Waals surface area contributed by atoms with Crippen LogP contribution in [0.3, 0.4) is 0 Å². The molecule has 5 heteroatoms. The Balaban J connectivity index is 2.83. The molecule has 1 heterocycles. The Morgan fingerprint density at radius 2 is 1.79 bits per heavy atom. The Labute approximate surface area is 124 Å². The molecule has 0 radical (unpaired) electrons. The minimum absolute atomic E-state index is 0.175. The monoisotopic (exact) mass is 308 g/mol. The maximum atomic E-state index is 6.14. The molecule has 0 aromatic heterocycles. The van der Waals surface area contributed by atoms with E-state index in [0.29, 0.717) is 5.92 Å². The molecule has 0 aromatic carbocycles. The maximum absolute atomic E-state index is 6.14. The molecule has 0 aromatic rings. The van der Waals surface area contributed by atoms with Gasteiger partial charge in [-0.2, -0.15) is 0 Å². The van der Waals surface area contributed by atoms with E-state index in [9.17, 15) is 0 Å². The highest BCUT2D eigenvalue weighted by Gasteiger charge is 2.52. The van der Waals surface area contributed by atoms with E-state index in [0.717, 1.165) is 44.6 Å². The van der Waals surface area contributed by atoms with Gasteiger partial charge >= 0.3 is 8.56 Å². The summed E-state index contributed by atoms with van der Waals surface area (Å²) in [6, 6.07) is 1.07. The predicted molar refractivity (Wildman–Crippen MR) is 81.9 cm³/mol. The summed E-state index contributed by atoms with van der Waals surface area (Å²) in [6.07, 6.45) is 4.60. The third-order valence-electron chi connectivity index (χ3n) is 3.79. The molecule has 1 fully saturated rings. The fourth-order valence-electron chi connectivity index (χ4n) is 3.18. The second-order valence-corrected chi connectivity index (χ2v) is 8.69. The van der Waals surface area contributed by atoms with E-state index in [4.69, 9.17) is 25.2 Å². The quantitative estimate of drug-likeness (QED) is 0.478. The molecule has 1 aliphatic rings. The average Bonchev–Trinajstić information content (AvgIpc) is 2.40. The van der Waals surface area contributed by atoms with Gasteiger partial charge in [0.1, 0.15) is 5.73 Å². The van der Waals surface area contributed by atoms with Gasteiger partial charge in [0.25, 0.3) is 0 Å². The van der Waals surface area contributed by atoms with E-state index in [1.54, 1.807) is 0 Å². The SMILES string of the molecule is CCOC1C(CCCCl)CCC[Si]1(OCC)OCC. The Morgan fingerprint density at radius 3 is 2.32 bits per heavy atom. The molecular weight excluding hydrogens is 280 g/mol. The second-order valence-electron chi connectivity index (χ2n) is 5.04. The lowest BCUT2D eigenvalue weighted by atomic mass is 9.98. The fraction of sp³-hybridized carbons (Fsp3) is 1.00. The lowest BCUT2D eigenvalue weighted by Gasteiger charge is -2.44. The van der Waals surface area contributed by atoms with Gasteiger partial charge in [-0.1, -0.05) is 6.42 Å². The molecule has 0 amide bonds. The molecule has 0 aliphatic carbocycles. The molecule has 114 valence electrons. The first-order chi connectivity index (χ1) is 9.24. The van der Waals surface area contributed by atoms with Crippen molar-refractivity contribution in [2.24, 2.45) is 5.92 Å². The van der Waals surface area contributed by atoms with Gasteiger partial charge in [-0.05, 0) is 52.0 Å². The summed E-state index contributed by atoms with van der Waals surface area (Å²) in [5.41, 5.74) is 0.175. The lowest BCUT2D eigenvalue weighted by molar-refractivity contribution is 0.00594. The second kappa shape index (κ2) is 9.35. The normalized spacial score (nSPS) is 26.5. The predicted octanol–water partition coefficient (Wildman–Crippen LogP) is 3.87. The summed E-state index contributed by atoms with van der Waals surface area (Å²) in [7, 11) is -2.21. The Hall–Kier alpha value is 0.387. The molecule has 1 saturated heterocycles. The van der Waals surface area contributed by atoms with Crippen LogP contribution in [0.2, 0.25) is 6.04 Å². The summed E-state index contributed by atoms with van der Waals surface area (Å²) in [4.78, 5) is 0. The van der Waals surface area contributed by atoms with Crippen LogP contribution in [0.5, 0.6) is 0 Å². The summed E-state index contributed by atoms with van der Waals surface area (Å²) < 4.78 is 18.4. The van der Waals surface area contributed by atoms with Crippen LogP contribution in [-0.2, 0) is 13.6 Å². The van der Waals surface area contributed by atoms with Gasteiger partial charge in [0.05, 0.1) is 0 Å². The highest BCUT2D eigenvalue weighted by molar-refractivity contribution is 6.69. The first-order valence-electron chi connectivity index (χ1n) is 7.69. The third kappa shape index (κ3) is 4.71. The number of rotatable bonds is 9. The highest BCUT2D eigenvalue weighted by atomic mass is 35.5. The molecule has 19 heavy (non-hydrogen) atoms. The molecule has 2 unspecified atom stereocenters. The van der Waals surface area contributed by atoms with E-state index in [-0.39, 0.29) is 5.73 Å². The average molecular weight is 309 g/mol. The summed E-state index contributed by atoms with van der Waals surface area (Å²) in [5, 5.41) is 0. The number of hydrogen-bond donors (Lipinski definition) is 0. The van der Waals surface area contributed by atoms with Crippen LogP contribution in [0, 0.1) is 5.92 Å². The molecule has 0 saturated carbocycles. The lowest BCUT2D eigenvalue weighted by Crippen LogP contribution is -2.60. The van der Waals surface area contributed by atoms with Crippen molar-refractivity contribution < 1.29 is 13.6 Å². The Kier molecular flexibility index (Phi) is 8.58. The molecule has 0 N–H and O–H groups in total. The van der Waals surface area contributed by atoms with Gasteiger partial charge in [0.15, 0.2) is 0 Å². The van der Waals surface area contributed by atoms with Crippen LogP contribution in [0.15, 0.2) is 0 Å². The van der Waals surface area contributed by atoms with Gasteiger partial charge < -0.3 is 13.6 Å². The smallest absolute Gasteiger partial charge is 0.368 e. The zero-order chi connectivity index (χ0) is 14.1. The fourth-order valence-corrected chi connectivity index (χ4v) is 7.47.